The Morgan fingerprint density at radius 2 is 1.83 bits per heavy atom. The van der Waals surface area contributed by atoms with Crippen molar-refractivity contribution < 1.29 is 9.47 Å². The first-order valence-corrected chi connectivity index (χ1v) is 9.69. The summed E-state index contributed by atoms with van der Waals surface area (Å²) < 4.78 is 10.7. The summed E-state index contributed by atoms with van der Waals surface area (Å²) in [7, 11) is 3.27. The number of benzene rings is 2. The second kappa shape index (κ2) is 8.09. The van der Waals surface area contributed by atoms with Crippen molar-refractivity contribution in [2.45, 2.75) is 26.4 Å². The molecule has 2 heterocycles. The summed E-state index contributed by atoms with van der Waals surface area (Å²) in [4.78, 5) is 22.6. The van der Waals surface area contributed by atoms with Gasteiger partial charge in [-0.2, -0.15) is 0 Å². The van der Waals surface area contributed by atoms with Crippen molar-refractivity contribution in [3.05, 3.63) is 75.2 Å². The molecule has 2 aromatic carbocycles. The summed E-state index contributed by atoms with van der Waals surface area (Å²) >= 11 is 0. The van der Waals surface area contributed by atoms with Gasteiger partial charge in [0.25, 0.3) is 5.56 Å². The molecule has 0 saturated heterocycles. The lowest BCUT2D eigenvalue weighted by Gasteiger charge is -2.28. The van der Waals surface area contributed by atoms with Gasteiger partial charge in [0.15, 0.2) is 11.5 Å². The number of hydrogen-bond acceptors (Lipinski definition) is 5. The molecule has 0 unspecified atom stereocenters. The van der Waals surface area contributed by atoms with E-state index in [-0.39, 0.29) is 5.56 Å². The molecule has 150 valence electrons. The highest BCUT2D eigenvalue weighted by molar-refractivity contribution is 5.55. The molecule has 0 atom stereocenters. The monoisotopic (exact) mass is 391 g/mol. The number of rotatable bonds is 5. The standard InChI is InChI=1S/C23H25N3O3/c1-15-4-7-17(8-5-15)22-24-19-14-26(11-10-18(19)23(27)25-22)13-16-6-9-20(28-2)21(12-16)29-3/h4-9,12H,10-11,13-14H2,1-3H3,(H,24,25,27). The molecule has 1 aliphatic rings. The summed E-state index contributed by atoms with van der Waals surface area (Å²) in [6.45, 7) is 4.26. The molecule has 0 fully saturated rings. The Kier molecular flexibility index (Phi) is 5.36. The van der Waals surface area contributed by atoms with Crippen LogP contribution in [0.5, 0.6) is 11.5 Å². The molecule has 0 spiro atoms. The van der Waals surface area contributed by atoms with E-state index in [9.17, 15) is 4.79 Å². The van der Waals surface area contributed by atoms with Crippen molar-refractivity contribution in [3.63, 3.8) is 0 Å². The van der Waals surface area contributed by atoms with Crippen molar-refractivity contribution in [2.24, 2.45) is 0 Å². The maximum atomic E-state index is 12.6. The number of fused-ring (bicyclic) bond motifs is 1. The number of ether oxygens (including phenoxy) is 2. The number of aryl methyl sites for hydroxylation is 1. The third-order valence-electron chi connectivity index (χ3n) is 5.33. The van der Waals surface area contributed by atoms with Crippen LogP contribution in [0.2, 0.25) is 0 Å². The Morgan fingerprint density at radius 1 is 1.07 bits per heavy atom. The molecule has 1 aliphatic heterocycles. The van der Waals surface area contributed by atoms with Crippen molar-refractivity contribution in [2.75, 3.05) is 20.8 Å². The zero-order valence-electron chi connectivity index (χ0n) is 17.0. The normalized spacial score (nSPS) is 13.8. The van der Waals surface area contributed by atoms with E-state index < -0.39 is 0 Å². The fraction of sp³-hybridized carbons (Fsp3) is 0.304. The molecule has 0 aliphatic carbocycles. The minimum absolute atomic E-state index is 0.0312. The topological polar surface area (TPSA) is 67.5 Å². The first-order valence-electron chi connectivity index (χ1n) is 9.69. The average molecular weight is 391 g/mol. The fourth-order valence-electron chi connectivity index (χ4n) is 3.71. The molecular formula is C23H25N3O3. The lowest BCUT2D eigenvalue weighted by atomic mass is 10.0. The molecule has 0 bridgehead atoms. The van der Waals surface area contributed by atoms with E-state index in [1.54, 1.807) is 14.2 Å². The largest absolute Gasteiger partial charge is 0.493 e. The third-order valence-corrected chi connectivity index (χ3v) is 5.33. The van der Waals surface area contributed by atoms with E-state index in [2.05, 4.69) is 9.88 Å². The Labute approximate surface area is 170 Å². The van der Waals surface area contributed by atoms with Crippen LogP contribution in [0.1, 0.15) is 22.4 Å². The summed E-state index contributed by atoms with van der Waals surface area (Å²) in [6.07, 6.45) is 0.694. The van der Waals surface area contributed by atoms with E-state index in [0.29, 0.717) is 18.8 Å². The zero-order chi connectivity index (χ0) is 20.4. The van der Waals surface area contributed by atoms with Gasteiger partial charge in [-0.1, -0.05) is 35.9 Å². The number of methoxy groups -OCH3 is 2. The Morgan fingerprint density at radius 3 is 2.55 bits per heavy atom. The zero-order valence-corrected chi connectivity index (χ0v) is 17.0. The number of aromatic nitrogens is 2. The minimum atomic E-state index is -0.0312. The van der Waals surface area contributed by atoms with Gasteiger partial charge in [-0.3, -0.25) is 9.69 Å². The quantitative estimate of drug-likeness (QED) is 0.723. The van der Waals surface area contributed by atoms with E-state index in [1.165, 1.54) is 5.56 Å². The smallest absolute Gasteiger partial charge is 0.254 e. The van der Waals surface area contributed by atoms with Crippen LogP contribution in [-0.2, 0) is 19.5 Å². The third kappa shape index (κ3) is 4.03. The van der Waals surface area contributed by atoms with Crippen LogP contribution in [0.3, 0.4) is 0 Å². The van der Waals surface area contributed by atoms with E-state index in [4.69, 9.17) is 14.5 Å². The lowest BCUT2D eigenvalue weighted by molar-refractivity contribution is 0.240. The summed E-state index contributed by atoms with van der Waals surface area (Å²) in [5.41, 5.74) is 4.86. The maximum absolute atomic E-state index is 12.6. The molecule has 29 heavy (non-hydrogen) atoms. The lowest BCUT2D eigenvalue weighted by Crippen LogP contribution is -2.35. The molecule has 0 amide bonds. The predicted molar refractivity (Wildman–Crippen MR) is 112 cm³/mol. The highest BCUT2D eigenvalue weighted by Crippen LogP contribution is 2.29. The summed E-state index contributed by atoms with van der Waals surface area (Å²) in [6, 6.07) is 14.0. The van der Waals surface area contributed by atoms with Gasteiger partial charge in [0.05, 0.1) is 19.9 Å². The van der Waals surface area contributed by atoms with Crippen LogP contribution in [0.15, 0.2) is 47.3 Å². The molecule has 6 nitrogen and oxygen atoms in total. The number of aromatic amines is 1. The van der Waals surface area contributed by atoms with Crippen molar-refractivity contribution in [3.8, 4) is 22.9 Å². The van der Waals surface area contributed by atoms with Crippen LogP contribution in [0.25, 0.3) is 11.4 Å². The van der Waals surface area contributed by atoms with Gasteiger partial charge >= 0.3 is 0 Å². The van der Waals surface area contributed by atoms with Crippen LogP contribution in [0.4, 0.5) is 0 Å². The molecule has 4 rings (SSSR count). The van der Waals surface area contributed by atoms with Crippen LogP contribution in [-0.4, -0.2) is 35.6 Å². The van der Waals surface area contributed by atoms with Crippen molar-refractivity contribution >= 4 is 0 Å². The van der Waals surface area contributed by atoms with Gasteiger partial charge < -0.3 is 14.5 Å². The molecule has 6 heteroatoms. The fourth-order valence-corrected chi connectivity index (χ4v) is 3.71. The van der Waals surface area contributed by atoms with Gasteiger partial charge in [0.2, 0.25) is 0 Å². The maximum Gasteiger partial charge on any atom is 0.254 e. The predicted octanol–water partition coefficient (Wildman–Crippen LogP) is 3.32. The van der Waals surface area contributed by atoms with E-state index in [0.717, 1.165) is 47.0 Å². The van der Waals surface area contributed by atoms with Crippen LogP contribution in [0, 0.1) is 6.92 Å². The second-order valence-electron chi connectivity index (χ2n) is 7.36. The molecule has 0 saturated carbocycles. The summed E-state index contributed by atoms with van der Waals surface area (Å²) in [5.74, 6) is 2.07. The average Bonchev–Trinajstić information content (AvgIpc) is 2.74. The number of H-pyrrole nitrogens is 1. The van der Waals surface area contributed by atoms with Gasteiger partial charge in [0.1, 0.15) is 5.82 Å². The molecule has 3 aromatic rings. The highest BCUT2D eigenvalue weighted by Gasteiger charge is 2.22. The SMILES string of the molecule is COc1ccc(CN2CCc3c(nc(-c4ccc(C)cc4)[nH]c3=O)C2)cc1OC. The highest BCUT2D eigenvalue weighted by atomic mass is 16.5. The first kappa shape index (κ1) is 19.2. The van der Waals surface area contributed by atoms with Crippen LogP contribution < -0.4 is 15.0 Å². The number of nitrogens with one attached hydrogen (secondary N) is 1. The molecule has 0 radical (unpaired) electrons. The van der Waals surface area contributed by atoms with E-state index in [1.807, 2.05) is 49.4 Å². The van der Waals surface area contributed by atoms with Gasteiger partial charge in [-0.05, 0) is 31.0 Å². The molecule has 1 aromatic heterocycles. The van der Waals surface area contributed by atoms with Crippen molar-refractivity contribution in [1.82, 2.24) is 14.9 Å². The Hall–Kier alpha value is -3.12. The molecular weight excluding hydrogens is 366 g/mol. The van der Waals surface area contributed by atoms with Crippen molar-refractivity contribution in [1.29, 1.82) is 0 Å². The first-order chi connectivity index (χ1) is 14.1. The van der Waals surface area contributed by atoms with E-state index >= 15 is 0 Å². The Bertz CT molecular complexity index is 1070. The molecule has 1 N–H and O–H groups in total. The number of hydrogen-bond donors (Lipinski definition) is 1. The second-order valence-corrected chi connectivity index (χ2v) is 7.36. The van der Waals surface area contributed by atoms with Gasteiger partial charge in [-0.15, -0.1) is 0 Å². The number of nitrogens with zero attached hydrogens (tertiary/aromatic N) is 2. The van der Waals surface area contributed by atoms with Gasteiger partial charge in [-0.25, -0.2) is 4.98 Å². The Balaban J connectivity index is 1.57. The minimum Gasteiger partial charge on any atom is -0.493 e. The summed E-state index contributed by atoms with van der Waals surface area (Å²) in [5, 5.41) is 0. The van der Waals surface area contributed by atoms with Crippen LogP contribution >= 0.6 is 0 Å². The van der Waals surface area contributed by atoms with Gasteiger partial charge in [0, 0.05) is 30.8 Å².